The summed E-state index contributed by atoms with van der Waals surface area (Å²) in [6.07, 6.45) is 0. The molecule has 8 rings (SSSR count). The molecule has 186 valence electrons. The molecule has 1 aliphatic carbocycles. The molecule has 0 unspecified atom stereocenters. The first-order chi connectivity index (χ1) is 19.1. The van der Waals surface area contributed by atoms with Gasteiger partial charge in [-0.25, -0.2) is 0 Å². The van der Waals surface area contributed by atoms with E-state index in [0.29, 0.717) is 0 Å². The Kier molecular flexibility index (Phi) is 4.80. The molecule has 0 radical (unpaired) electrons. The van der Waals surface area contributed by atoms with E-state index >= 15 is 0 Å². The van der Waals surface area contributed by atoms with Crippen LogP contribution in [0.15, 0.2) is 127 Å². The van der Waals surface area contributed by atoms with E-state index in [1.54, 1.807) is 0 Å². The van der Waals surface area contributed by atoms with Gasteiger partial charge >= 0.3 is 0 Å². The Morgan fingerprint density at radius 2 is 1.13 bits per heavy atom. The first-order valence-corrected chi connectivity index (χ1v) is 14.3. The topological polar surface area (TPSA) is 3.24 Å². The number of rotatable bonds is 3. The standard InChI is InChI=1S/C37H27NS/c1-37(2)33-21-25-11-7-6-10-24(25)20-32(33)29-18-16-27(22-34(29)37)38(26-12-4-3-5-13-26)28-17-19-31-30-14-8-9-15-35(30)39-36(31)23-28/h3-23H,1-2H3. The van der Waals surface area contributed by atoms with Crippen molar-refractivity contribution in [3.8, 4) is 11.1 Å². The lowest BCUT2D eigenvalue weighted by molar-refractivity contribution is 0.661. The molecule has 0 N–H and O–H groups in total. The number of hydrogen-bond acceptors (Lipinski definition) is 2. The lowest BCUT2D eigenvalue weighted by Gasteiger charge is -2.28. The van der Waals surface area contributed by atoms with Crippen LogP contribution in [0.3, 0.4) is 0 Å². The van der Waals surface area contributed by atoms with Crippen LogP contribution in [-0.4, -0.2) is 0 Å². The summed E-state index contributed by atoms with van der Waals surface area (Å²) >= 11 is 1.87. The monoisotopic (exact) mass is 517 g/mol. The van der Waals surface area contributed by atoms with Gasteiger partial charge in [0.25, 0.3) is 0 Å². The Morgan fingerprint density at radius 3 is 1.97 bits per heavy atom. The molecule has 39 heavy (non-hydrogen) atoms. The minimum atomic E-state index is -0.0809. The fraction of sp³-hybridized carbons (Fsp3) is 0.0811. The van der Waals surface area contributed by atoms with Gasteiger partial charge in [0.1, 0.15) is 0 Å². The number of thiophene rings is 1. The minimum absolute atomic E-state index is 0.0809. The summed E-state index contributed by atoms with van der Waals surface area (Å²) < 4.78 is 2.65. The third-order valence-corrected chi connectivity index (χ3v) is 9.55. The SMILES string of the molecule is CC1(C)c2cc(N(c3ccccc3)c3ccc4c(c3)sc3ccccc34)ccc2-c2cc3ccccc3cc21. The second kappa shape index (κ2) is 8.30. The van der Waals surface area contributed by atoms with E-state index in [1.807, 2.05) is 11.3 Å². The predicted octanol–water partition coefficient (Wildman–Crippen LogP) is 11.0. The predicted molar refractivity (Wildman–Crippen MR) is 169 cm³/mol. The molecule has 1 nitrogen and oxygen atoms in total. The fourth-order valence-electron chi connectivity index (χ4n) is 6.43. The van der Waals surface area contributed by atoms with E-state index < -0.39 is 0 Å². The Hall–Kier alpha value is -4.40. The second-order valence-corrected chi connectivity index (χ2v) is 12.1. The van der Waals surface area contributed by atoms with Gasteiger partial charge in [-0.1, -0.05) is 86.6 Å². The summed E-state index contributed by atoms with van der Waals surface area (Å²) in [5, 5.41) is 5.26. The number of anilines is 3. The van der Waals surface area contributed by atoms with E-state index in [-0.39, 0.29) is 5.41 Å². The average Bonchev–Trinajstić information content (AvgIpc) is 3.44. The van der Waals surface area contributed by atoms with Crippen molar-refractivity contribution in [3.05, 3.63) is 139 Å². The zero-order valence-corrected chi connectivity index (χ0v) is 22.8. The summed E-state index contributed by atoms with van der Waals surface area (Å²) in [5.41, 5.74) is 8.95. The van der Waals surface area contributed by atoms with Gasteiger partial charge in [0, 0.05) is 42.6 Å². The third-order valence-electron chi connectivity index (χ3n) is 8.42. The van der Waals surface area contributed by atoms with Gasteiger partial charge in [-0.3, -0.25) is 0 Å². The van der Waals surface area contributed by atoms with Crippen LogP contribution >= 0.6 is 11.3 Å². The van der Waals surface area contributed by atoms with Crippen LogP contribution in [0.25, 0.3) is 42.1 Å². The molecular weight excluding hydrogens is 490 g/mol. The largest absolute Gasteiger partial charge is 0.310 e. The van der Waals surface area contributed by atoms with Gasteiger partial charge in [-0.15, -0.1) is 11.3 Å². The molecule has 1 aromatic heterocycles. The molecule has 1 aliphatic rings. The van der Waals surface area contributed by atoms with Gasteiger partial charge in [-0.05, 0) is 87.6 Å². The summed E-state index contributed by atoms with van der Waals surface area (Å²) in [6.45, 7) is 4.73. The lowest BCUT2D eigenvalue weighted by atomic mass is 9.81. The summed E-state index contributed by atoms with van der Waals surface area (Å²) in [6, 6.07) is 46.9. The summed E-state index contributed by atoms with van der Waals surface area (Å²) in [7, 11) is 0. The number of nitrogens with zero attached hydrogens (tertiary/aromatic N) is 1. The highest BCUT2D eigenvalue weighted by Gasteiger charge is 2.36. The van der Waals surface area contributed by atoms with Crippen LogP contribution in [0, 0.1) is 0 Å². The number of para-hydroxylation sites is 1. The van der Waals surface area contributed by atoms with Crippen molar-refractivity contribution in [1.82, 2.24) is 0 Å². The fourth-order valence-corrected chi connectivity index (χ4v) is 7.57. The van der Waals surface area contributed by atoms with Crippen molar-refractivity contribution in [2.75, 3.05) is 4.90 Å². The van der Waals surface area contributed by atoms with Gasteiger partial charge in [0.15, 0.2) is 0 Å². The number of benzene rings is 6. The molecule has 0 bridgehead atoms. The molecule has 0 amide bonds. The van der Waals surface area contributed by atoms with E-state index in [2.05, 4.69) is 146 Å². The lowest BCUT2D eigenvalue weighted by Crippen LogP contribution is -2.16. The van der Waals surface area contributed by atoms with Gasteiger partial charge < -0.3 is 4.90 Å². The zero-order valence-electron chi connectivity index (χ0n) is 22.0. The van der Waals surface area contributed by atoms with Crippen molar-refractivity contribution >= 4 is 59.3 Å². The number of fused-ring (bicyclic) bond motifs is 7. The smallest absolute Gasteiger partial charge is 0.0476 e. The highest BCUT2D eigenvalue weighted by atomic mass is 32.1. The van der Waals surface area contributed by atoms with E-state index in [9.17, 15) is 0 Å². The quantitative estimate of drug-likeness (QED) is 0.225. The Labute approximate surface area is 232 Å². The van der Waals surface area contributed by atoms with Crippen molar-refractivity contribution in [2.24, 2.45) is 0 Å². The van der Waals surface area contributed by atoms with Crippen LogP contribution < -0.4 is 4.90 Å². The maximum Gasteiger partial charge on any atom is 0.0476 e. The van der Waals surface area contributed by atoms with Crippen LogP contribution in [0.1, 0.15) is 25.0 Å². The van der Waals surface area contributed by atoms with Crippen LogP contribution in [0.2, 0.25) is 0 Å². The maximum absolute atomic E-state index is 2.42. The molecule has 0 fully saturated rings. The molecule has 7 aromatic rings. The van der Waals surface area contributed by atoms with Crippen LogP contribution in [0.4, 0.5) is 17.1 Å². The number of hydrogen-bond donors (Lipinski definition) is 0. The molecular formula is C37H27NS. The molecule has 0 saturated heterocycles. The first-order valence-electron chi connectivity index (χ1n) is 13.5. The molecule has 2 heteroatoms. The Balaban J connectivity index is 1.32. The van der Waals surface area contributed by atoms with E-state index in [1.165, 1.54) is 64.6 Å². The Morgan fingerprint density at radius 1 is 0.487 bits per heavy atom. The molecule has 0 atom stereocenters. The van der Waals surface area contributed by atoms with Crippen LogP contribution in [0.5, 0.6) is 0 Å². The molecule has 0 aliphatic heterocycles. The molecule has 0 saturated carbocycles. The summed E-state index contributed by atoms with van der Waals surface area (Å²) in [5.74, 6) is 0. The van der Waals surface area contributed by atoms with Crippen molar-refractivity contribution in [3.63, 3.8) is 0 Å². The molecule has 1 heterocycles. The summed E-state index contributed by atoms with van der Waals surface area (Å²) in [4.78, 5) is 2.40. The maximum atomic E-state index is 2.42. The van der Waals surface area contributed by atoms with Gasteiger partial charge in [0.2, 0.25) is 0 Å². The normalized spacial score (nSPS) is 13.6. The Bertz CT molecular complexity index is 2050. The minimum Gasteiger partial charge on any atom is -0.310 e. The van der Waals surface area contributed by atoms with Crippen LogP contribution in [-0.2, 0) is 5.41 Å². The first kappa shape index (κ1) is 22.6. The molecule has 6 aromatic carbocycles. The highest BCUT2D eigenvalue weighted by Crippen LogP contribution is 2.52. The third kappa shape index (κ3) is 3.38. The van der Waals surface area contributed by atoms with Gasteiger partial charge in [-0.2, -0.15) is 0 Å². The van der Waals surface area contributed by atoms with E-state index in [0.717, 1.165) is 5.69 Å². The van der Waals surface area contributed by atoms with Gasteiger partial charge in [0.05, 0.1) is 0 Å². The zero-order chi connectivity index (χ0) is 26.1. The second-order valence-electron chi connectivity index (χ2n) is 11.0. The average molecular weight is 518 g/mol. The highest BCUT2D eigenvalue weighted by molar-refractivity contribution is 7.25. The van der Waals surface area contributed by atoms with E-state index in [4.69, 9.17) is 0 Å². The molecule has 0 spiro atoms. The van der Waals surface area contributed by atoms with Crippen molar-refractivity contribution in [2.45, 2.75) is 19.3 Å². The van der Waals surface area contributed by atoms with Crippen molar-refractivity contribution < 1.29 is 0 Å². The van der Waals surface area contributed by atoms with Crippen molar-refractivity contribution in [1.29, 1.82) is 0 Å².